The largest absolute Gasteiger partial charge is 0.494 e. The molecule has 0 amide bonds. The molecule has 0 radical (unpaired) electrons. The van der Waals surface area contributed by atoms with E-state index < -0.39 is 15.8 Å². The first-order chi connectivity index (χ1) is 14.3. The molecule has 2 unspecified atom stereocenters. The molecule has 3 aliphatic heterocycles. The summed E-state index contributed by atoms with van der Waals surface area (Å²) in [6.45, 7) is 8.76. The van der Waals surface area contributed by atoms with Crippen molar-refractivity contribution in [2.24, 2.45) is 17.8 Å². The topological polar surface area (TPSA) is 49.9 Å². The second-order valence-corrected chi connectivity index (χ2v) is 10.3. The van der Waals surface area contributed by atoms with E-state index in [9.17, 15) is 12.8 Å². The third-order valence-corrected chi connectivity index (χ3v) is 8.62. The smallest absolute Gasteiger partial charge is 0.243 e. The molecule has 0 spiro atoms. The Morgan fingerprint density at radius 1 is 0.967 bits per heavy atom. The van der Waals surface area contributed by atoms with E-state index in [0.717, 1.165) is 18.0 Å². The maximum absolute atomic E-state index is 13.3. The summed E-state index contributed by atoms with van der Waals surface area (Å²) in [7, 11) is -3.67. The van der Waals surface area contributed by atoms with Crippen molar-refractivity contribution >= 4 is 15.7 Å². The number of anilines is 1. The van der Waals surface area contributed by atoms with E-state index in [1.807, 2.05) is 19.1 Å². The van der Waals surface area contributed by atoms with Crippen molar-refractivity contribution in [1.29, 1.82) is 0 Å². The molecular weight excluding hydrogens is 403 g/mol. The second-order valence-electron chi connectivity index (χ2n) is 8.40. The van der Waals surface area contributed by atoms with Crippen LogP contribution in [-0.4, -0.2) is 45.0 Å². The molecule has 0 saturated carbocycles. The van der Waals surface area contributed by atoms with Crippen LogP contribution >= 0.6 is 0 Å². The maximum atomic E-state index is 13.3. The number of nitrogens with zero attached hydrogens (tertiary/aromatic N) is 2. The highest BCUT2D eigenvalue weighted by Crippen LogP contribution is 2.41. The first kappa shape index (κ1) is 21.1. The zero-order valence-corrected chi connectivity index (χ0v) is 18.5. The number of benzene rings is 2. The molecule has 0 aliphatic carbocycles. The van der Waals surface area contributed by atoms with E-state index in [4.69, 9.17) is 4.74 Å². The molecule has 2 aromatic rings. The summed E-state index contributed by atoms with van der Waals surface area (Å²) in [4.78, 5) is 2.50. The van der Waals surface area contributed by atoms with Gasteiger partial charge in [-0.1, -0.05) is 13.8 Å². The fourth-order valence-corrected chi connectivity index (χ4v) is 6.32. The number of piperidine rings is 1. The minimum atomic E-state index is -3.67. The molecule has 2 aromatic carbocycles. The lowest BCUT2D eigenvalue weighted by atomic mass is 9.76. The van der Waals surface area contributed by atoms with Gasteiger partial charge in [0.15, 0.2) is 0 Å². The monoisotopic (exact) mass is 432 g/mol. The Hall–Kier alpha value is -2.12. The van der Waals surface area contributed by atoms with Gasteiger partial charge in [0, 0.05) is 31.4 Å². The van der Waals surface area contributed by atoms with E-state index >= 15 is 0 Å². The van der Waals surface area contributed by atoms with Gasteiger partial charge in [0.1, 0.15) is 11.6 Å². The quantitative estimate of drug-likeness (QED) is 0.717. The second kappa shape index (κ2) is 8.19. The summed E-state index contributed by atoms with van der Waals surface area (Å²) in [5.74, 6) is 1.39. The standard InChI is InChI=1S/C23H29FN2O3S/c1-4-29-21-9-7-20(8-10-21)26-14-18-13-25(15-23(26)17(3)16(18)2)30(27,28)22-11-5-19(24)6-12-22/h5-12,16-18,23H,4,13-15H2,1-3H3/t16-,17?,18?,23+/m0/s1. The van der Waals surface area contributed by atoms with Crippen LogP contribution in [0.4, 0.5) is 10.1 Å². The molecule has 4 atom stereocenters. The van der Waals surface area contributed by atoms with Crippen LogP contribution in [0.2, 0.25) is 0 Å². The zero-order valence-electron chi connectivity index (χ0n) is 17.7. The first-order valence-corrected chi connectivity index (χ1v) is 12.0. The van der Waals surface area contributed by atoms with Crippen molar-refractivity contribution < 1.29 is 17.5 Å². The molecule has 3 aliphatic rings. The van der Waals surface area contributed by atoms with Crippen molar-refractivity contribution in [3.05, 3.63) is 54.3 Å². The van der Waals surface area contributed by atoms with Gasteiger partial charge in [0.2, 0.25) is 10.0 Å². The lowest BCUT2D eigenvalue weighted by Gasteiger charge is -2.45. The van der Waals surface area contributed by atoms with E-state index in [1.54, 1.807) is 4.31 Å². The third kappa shape index (κ3) is 3.81. The van der Waals surface area contributed by atoms with Crippen LogP contribution < -0.4 is 9.64 Å². The van der Waals surface area contributed by atoms with Gasteiger partial charge < -0.3 is 9.64 Å². The summed E-state index contributed by atoms with van der Waals surface area (Å²) in [6.07, 6.45) is 0. The molecule has 7 heteroatoms. The van der Waals surface area contributed by atoms with Crippen molar-refractivity contribution in [3.63, 3.8) is 0 Å². The maximum Gasteiger partial charge on any atom is 0.243 e. The Morgan fingerprint density at radius 2 is 1.63 bits per heavy atom. The van der Waals surface area contributed by atoms with E-state index in [0.29, 0.717) is 31.5 Å². The molecule has 3 fully saturated rings. The van der Waals surface area contributed by atoms with Gasteiger partial charge in [-0.2, -0.15) is 4.31 Å². The van der Waals surface area contributed by atoms with Gasteiger partial charge in [-0.05, 0) is 73.2 Å². The van der Waals surface area contributed by atoms with Gasteiger partial charge in [-0.3, -0.25) is 0 Å². The lowest BCUT2D eigenvalue weighted by Crippen LogP contribution is -2.52. The normalized spacial score (nSPS) is 27.1. The Bertz CT molecular complexity index is 979. The molecule has 162 valence electrons. The first-order valence-electron chi connectivity index (χ1n) is 10.6. The van der Waals surface area contributed by atoms with E-state index in [2.05, 4.69) is 30.9 Å². The minimum absolute atomic E-state index is 0.0758. The molecule has 3 heterocycles. The van der Waals surface area contributed by atoms with E-state index in [-0.39, 0.29) is 16.9 Å². The molecule has 5 rings (SSSR count). The molecule has 0 aromatic heterocycles. The minimum Gasteiger partial charge on any atom is -0.494 e. The van der Waals surface area contributed by atoms with Gasteiger partial charge in [-0.15, -0.1) is 0 Å². The molecular formula is C23H29FN2O3S. The highest BCUT2D eigenvalue weighted by molar-refractivity contribution is 7.89. The van der Waals surface area contributed by atoms with Gasteiger partial charge >= 0.3 is 0 Å². The number of sulfonamides is 1. The van der Waals surface area contributed by atoms with Crippen LogP contribution in [0.1, 0.15) is 20.8 Å². The summed E-state index contributed by atoms with van der Waals surface area (Å²) in [5, 5.41) is 0. The molecule has 2 bridgehead atoms. The van der Waals surface area contributed by atoms with Gasteiger partial charge in [0.05, 0.1) is 11.5 Å². The Balaban J connectivity index is 1.64. The number of hydrogen-bond acceptors (Lipinski definition) is 4. The number of rotatable bonds is 5. The number of ether oxygens (including phenoxy) is 1. The van der Waals surface area contributed by atoms with Crippen LogP contribution in [0.5, 0.6) is 5.75 Å². The molecule has 30 heavy (non-hydrogen) atoms. The van der Waals surface area contributed by atoms with Crippen LogP contribution in [0, 0.1) is 23.6 Å². The molecule has 0 N–H and O–H groups in total. The fourth-order valence-electron chi connectivity index (χ4n) is 4.80. The summed E-state index contributed by atoms with van der Waals surface area (Å²) >= 11 is 0. The molecule has 3 saturated heterocycles. The number of hydrogen-bond donors (Lipinski definition) is 0. The van der Waals surface area contributed by atoms with Crippen LogP contribution in [0.15, 0.2) is 53.4 Å². The van der Waals surface area contributed by atoms with Crippen molar-refractivity contribution in [2.45, 2.75) is 31.7 Å². The summed E-state index contributed by atoms with van der Waals surface area (Å²) < 4.78 is 47.1. The van der Waals surface area contributed by atoms with Crippen LogP contribution in [0.3, 0.4) is 0 Å². The average Bonchev–Trinajstić information content (AvgIpc) is 3.00. The predicted octanol–water partition coefficient (Wildman–Crippen LogP) is 4.01. The van der Waals surface area contributed by atoms with Crippen LogP contribution in [-0.2, 0) is 10.0 Å². The Kier molecular flexibility index (Phi) is 5.77. The highest BCUT2D eigenvalue weighted by atomic mass is 32.2. The Labute approximate surface area is 178 Å². The Morgan fingerprint density at radius 3 is 2.27 bits per heavy atom. The number of halogens is 1. The average molecular weight is 433 g/mol. The van der Waals surface area contributed by atoms with Gasteiger partial charge in [0.25, 0.3) is 0 Å². The summed E-state index contributed by atoms with van der Waals surface area (Å²) in [5.41, 5.74) is 1.09. The lowest BCUT2D eigenvalue weighted by molar-refractivity contribution is 0.208. The highest BCUT2D eigenvalue weighted by Gasteiger charge is 2.46. The van der Waals surface area contributed by atoms with Crippen LogP contribution in [0.25, 0.3) is 0 Å². The fraction of sp³-hybridized carbons (Fsp3) is 0.478. The van der Waals surface area contributed by atoms with E-state index in [1.165, 1.54) is 24.3 Å². The SMILES string of the molecule is CCOc1ccc(N2CC3CN(S(=O)(=O)c4ccc(F)cc4)C[C@@H]2C(C)[C@@H]3C)cc1. The molecule has 5 nitrogen and oxygen atoms in total. The summed E-state index contributed by atoms with van der Waals surface area (Å²) in [6, 6.07) is 13.3. The number of fused-ring (bicyclic) bond motifs is 4. The third-order valence-electron chi connectivity index (χ3n) is 6.77. The van der Waals surface area contributed by atoms with Crippen molar-refractivity contribution in [2.75, 3.05) is 31.1 Å². The van der Waals surface area contributed by atoms with Crippen molar-refractivity contribution in [1.82, 2.24) is 4.31 Å². The van der Waals surface area contributed by atoms with Gasteiger partial charge in [-0.25, -0.2) is 12.8 Å². The zero-order chi connectivity index (χ0) is 21.5. The predicted molar refractivity (Wildman–Crippen MR) is 116 cm³/mol. The van der Waals surface area contributed by atoms with Crippen molar-refractivity contribution in [3.8, 4) is 5.75 Å².